The molecule has 0 saturated carbocycles. The molecule has 0 bridgehead atoms. The predicted octanol–water partition coefficient (Wildman–Crippen LogP) is 7.20. The van der Waals surface area contributed by atoms with Gasteiger partial charge in [-0.25, -0.2) is 4.98 Å². The van der Waals surface area contributed by atoms with E-state index < -0.39 is 0 Å². The van der Waals surface area contributed by atoms with Gasteiger partial charge in [-0.2, -0.15) is 0 Å². The Morgan fingerprint density at radius 1 is 0.842 bits per heavy atom. The van der Waals surface area contributed by atoms with Gasteiger partial charge in [-0.05, 0) is 61.8 Å². The molecular formula is C32H41N3O3. The van der Waals surface area contributed by atoms with Crippen LogP contribution < -0.4 is 14.2 Å². The lowest BCUT2D eigenvalue weighted by atomic mass is 10.1. The van der Waals surface area contributed by atoms with E-state index in [-0.39, 0.29) is 0 Å². The van der Waals surface area contributed by atoms with E-state index in [1.807, 2.05) is 36.4 Å². The average Bonchev–Trinajstić information content (AvgIpc) is 3.33. The number of methoxy groups -OCH3 is 1. The fourth-order valence-electron chi connectivity index (χ4n) is 4.64. The Hall–Kier alpha value is -3.51. The highest BCUT2D eigenvalue weighted by molar-refractivity contribution is 5.82. The Bertz CT molecular complexity index is 1280. The molecule has 0 unspecified atom stereocenters. The van der Waals surface area contributed by atoms with Crippen LogP contribution in [0.15, 0.2) is 66.7 Å². The van der Waals surface area contributed by atoms with E-state index in [9.17, 15) is 0 Å². The second-order valence-electron chi connectivity index (χ2n) is 9.46. The lowest BCUT2D eigenvalue weighted by molar-refractivity contribution is 0.249. The van der Waals surface area contributed by atoms with Crippen molar-refractivity contribution in [3.63, 3.8) is 0 Å². The molecule has 0 N–H and O–H groups in total. The summed E-state index contributed by atoms with van der Waals surface area (Å²) in [6.07, 6.45) is 3.19. The number of ether oxygens (including phenoxy) is 3. The zero-order valence-electron chi connectivity index (χ0n) is 23.3. The predicted molar refractivity (Wildman–Crippen MR) is 155 cm³/mol. The minimum atomic E-state index is 0.474. The van der Waals surface area contributed by atoms with Gasteiger partial charge in [0.25, 0.3) is 0 Å². The van der Waals surface area contributed by atoms with Crippen molar-refractivity contribution < 1.29 is 14.2 Å². The highest BCUT2D eigenvalue weighted by atomic mass is 16.5. The summed E-state index contributed by atoms with van der Waals surface area (Å²) in [6, 6.07) is 22.5. The molecule has 0 radical (unpaired) electrons. The van der Waals surface area contributed by atoms with Gasteiger partial charge < -0.3 is 23.7 Å². The lowest BCUT2D eigenvalue weighted by Crippen LogP contribution is -2.25. The smallest absolute Gasteiger partial charge is 0.162 e. The molecular weight excluding hydrogens is 474 g/mol. The summed E-state index contributed by atoms with van der Waals surface area (Å²) in [5, 5.41) is 0. The zero-order valence-corrected chi connectivity index (χ0v) is 23.3. The molecule has 0 spiro atoms. The maximum Gasteiger partial charge on any atom is 0.162 e. The van der Waals surface area contributed by atoms with Crippen LogP contribution in [0.4, 0.5) is 0 Å². The number of unbranched alkanes of at least 4 members (excludes halogenated alkanes) is 1. The SMILES string of the molecule is CCCCn1c(-c2ccc(OC)c(OCc3ccccc3)c2)nc2ccc(OCCCN(CC)CC)cc21. The van der Waals surface area contributed by atoms with E-state index >= 15 is 0 Å². The number of imidazole rings is 1. The maximum absolute atomic E-state index is 6.19. The topological polar surface area (TPSA) is 48.8 Å². The number of rotatable bonds is 15. The number of benzene rings is 3. The molecule has 1 aromatic heterocycles. The van der Waals surface area contributed by atoms with E-state index in [1.165, 1.54) is 0 Å². The van der Waals surface area contributed by atoms with Crippen LogP contribution in [0, 0.1) is 0 Å². The van der Waals surface area contributed by atoms with Crippen LogP contribution in [0.2, 0.25) is 0 Å². The molecule has 0 aliphatic carbocycles. The number of fused-ring (bicyclic) bond motifs is 1. The quantitative estimate of drug-likeness (QED) is 0.157. The number of aryl methyl sites for hydroxylation is 1. The monoisotopic (exact) mass is 515 g/mol. The molecule has 0 fully saturated rings. The highest BCUT2D eigenvalue weighted by Gasteiger charge is 2.16. The second-order valence-corrected chi connectivity index (χ2v) is 9.46. The molecule has 0 aliphatic rings. The Labute approximate surface area is 227 Å². The van der Waals surface area contributed by atoms with Crippen LogP contribution in [0.3, 0.4) is 0 Å². The van der Waals surface area contributed by atoms with Gasteiger partial charge in [-0.15, -0.1) is 0 Å². The molecule has 1 heterocycles. The minimum Gasteiger partial charge on any atom is -0.493 e. The maximum atomic E-state index is 6.19. The highest BCUT2D eigenvalue weighted by Crippen LogP contribution is 2.35. The van der Waals surface area contributed by atoms with E-state index in [0.29, 0.717) is 24.7 Å². The summed E-state index contributed by atoms with van der Waals surface area (Å²) in [5.74, 6) is 3.24. The van der Waals surface area contributed by atoms with Crippen LogP contribution in [0.5, 0.6) is 17.2 Å². The van der Waals surface area contributed by atoms with Crippen LogP contribution in [-0.2, 0) is 13.2 Å². The summed E-state index contributed by atoms with van der Waals surface area (Å²) < 4.78 is 20.2. The average molecular weight is 516 g/mol. The zero-order chi connectivity index (χ0) is 26.7. The van der Waals surface area contributed by atoms with Gasteiger partial charge >= 0.3 is 0 Å². The molecule has 38 heavy (non-hydrogen) atoms. The van der Waals surface area contributed by atoms with Crippen LogP contribution in [0.1, 0.15) is 45.6 Å². The van der Waals surface area contributed by atoms with Crippen molar-refractivity contribution in [2.75, 3.05) is 33.4 Å². The molecule has 0 aliphatic heterocycles. The number of aromatic nitrogens is 2. The Morgan fingerprint density at radius 3 is 2.39 bits per heavy atom. The summed E-state index contributed by atoms with van der Waals surface area (Å²) in [4.78, 5) is 7.46. The van der Waals surface area contributed by atoms with E-state index in [2.05, 4.69) is 60.6 Å². The fraction of sp³-hybridized carbons (Fsp3) is 0.406. The third-order valence-electron chi connectivity index (χ3n) is 6.90. The summed E-state index contributed by atoms with van der Waals surface area (Å²) in [7, 11) is 1.67. The van der Waals surface area contributed by atoms with E-state index in [1.54, 1.807) is 7.11 Å². The van der Waals surface area contributed by atoms with Crippen molar-refractivity contribution in [1.82, 2.24) is 14.5 Å². The summed E-state index contributed by atoms with van der Waals surface area (Å²) in [6.45, 7) is 11.9. The fourth-order valence-corrected chi connectivity index (χ4v) is 4.64. The van der Waals surface area contributed by atoms with E-state index in [0.717, 1.165) is 79.2 Å². The molecule has 4 rings (SSSR count). The molecule has 6 nitrogen and oxygen atoms in total. The molecule has 0 atom stereocenters. The van der Waals surface area contributed by atoms with Crippen molar-refractivity contribution in [3.8, 4) is 28.6 Å². The van der Waals surface area contributed by atoms with Crippen molar-refractivity contribution in [2.24, 2.45) is 0 Å². The van der Waals surface area contributed by atoms with Gasteiger partial charge in [0.05, 0.1) is 24.8 Å². The Morgan fingerprint density at radius 2 is 1.66 bits per heavy atom. The standard InChI is InChI=1S/C32H41N3O3/c1-5-8-20-35-29-23-27(37-21-12-19-34(6-2)7-3)16-17-28(29)33-32(35)26-15-18-30(36-4)31(22-26)38-24-25-13-10-9-11-14-25/h9-11,13-18,22-23H,5-8,12,19-21,24H2,1-4H3. The number of nitrogens with zero attached hydrogens (tertiary/aromatic N) is 3. The van der Waals surface area contributed by atoms with Crippen molar-refractivity contribution in [1.29, 1.82) is 0 Å². The third-order valence-corrected chi connectivity index (χ3v) is 6.90. The molecule has 3 aromatic carbocycles. The van der Waals surface area contributed by atoms with Gasteiger partial charge in [0.2, 0.25) is 0 Å². The molecule has 6 heteroatoms. The van der Waals surface area contributed by atoms with Gasteiger partial charge in [0.15, 0.2) is 11.5 Å². The first-order valence-corrected chi connectivity index (χ1v) is 13.9. The number of hydrogen-bond donors (Lipinski definition) is 0. The Balaban J connectivity index is 1.59. The van der Waals surface area contributed by atoms with Crippen molar-refractivity contribution >= 4 is 11.0 Å². The van der Waals surface area contributed by atoms with Crippen molar-refractivity contribution in [3.05, 3.63) is 72.3 Å². The number of hydrogen-bond acceptors (Lipinski definition) is 5. The van der Waals surface area contributed by atoms with Gasteiger partial charge in [-0.3, -0.25) is 0 Å². The molecule has 202 valence electrons. The van der Waals surface area contributed by atoms with Crippen molar-refractivity contribution in [2.45, 2.75) is 53.2 Å². The summed E-state index contributed by atoms with van der Waals surface area (Å²) >= 11 is 0. The van der Waals surface area contributed by atoms with E-state index in [4.69, 9.17) is 19.2 Å². The van der Waals surface area contributed by atoms with Gasteiger partial charge in [0.1, 0.15) is 18.2 Å². The molecule has 0 amide bonds. The van der Waals surface area contributed by atoms with Crippen LogP contribution in [0.25, 0.3) is 22.4 Å². The molecule has 4 aromatic rings. The van der Waals surface area contributed by atoms with Gasteiger partial charge in [0, 0.05) is 24.7 Å². The first-order chi connectivity index (χ1) is 18.7. The van der Waals surface area contributed by atoms with Crippen LogP contribution in [-0.4, -0.2) is 47.8 Å². The Kier molecular flexibility index (Phi) is 10.0. The first kappa shape index (κ1) is 27.5. The minimum absolute atomic E-state index is 0.474. The largest absolute Gasteiger partial charge is 0.493 e. The van der Waals surface area contributed by atoms with Crippen LogP contribution >= 0.6 is 0 Å². The molecule has 0 saturated heterocycles. The second kappa shape index (κ2) is 13.9. The summed E-state index contributed by atoms with van der Waals surface area (Å²) in [5.41, 5.74) is 4.18. The van der Waals surface area contributed by atoms with Gasteiger partial charge in [-0.1, -0.05) is 57.5 Å². The normalized spacial score (nSPS) is 11.3. The lowest BCUT2D eigenvalue weighted by Gasteiger charge is -2.17. The first-order valence-electron chi connectivity index (χ1n) is 13.9. The third kappa shape index (κ3) is 6.87.